The van der Waals surface area contributed by atoms with Gasteiger partial charge in [0.2, 0.25) is 0 Å². The third-order valence-electron chi connectivity index (χ3n) is 8.55. The van der Waals surface area contributed by atoms with Crippen LogP contribution in [0, 0.1) is 23.4 Å². The summed E-state index contributed by atoms with van der Waals surface area (Å²) in [5.74, 6) is -0.361. The minimum atomic E-state index is -0.655. The maximum absolute atomic E-state index is 15.1. The molecule has 0 spiro atoms. The van der Waals surface area contributed by atoms with Crippen LogP contribution >= 0.6 is 0 Å². The zero-order chi connectivity index (χ0) is 26.2. The Morgan fingerprint density at radius 2 is 1.54 bits per heavy atom. The Kier molecular flexibility index (Phi) is 10.4. The van der Waals surface area contributed by atoms with E-state index in [2.05, 4.69) is 6.92 Å². The Morgan fingerprint density at radius 3 is 2.22 bits per heavy atom. The minimum Gasteiger partial charge on any atom is -0.491 e. The van der Waals surface area contributed by atoms with Gasteiger partial charge in [-0.1, -0.05) is 31.5 Å². The molecule has 0 amide bonds. The van der Waals surface area contributed by atoms with Gasteiger partial charge in [-0.2, -0.15) is 0 Å². The maximum atomic E-state index is 15.1. The highest BCUT2D eigenvalue weighted by atomic mass is 19.2. The highest BCUT2D eigenvalue weighted by Gasteiger charge is 2.27. The van der Waals surface area contributed by atoms with E-state index in [1.54, 1.807) is 12.1 Å². The predicted molar refractivity (Wildman–Crippen MR) is 143 cm³/mol. The number of benzene rings is 2. The monoisotopic (exact) mass is 516 g/mol. The molecule has 4 rings (SSSR count). The van der Waals surface area contributed by atoms with Crippen LogP contribution in [0.4, 0.5) is 13.2 Å². The summed E-state index contributed by atoms with van der Waals surface area (Å²) >= 11 is 0. The first kappa shape index (κ1) is 28.0. The second kappa shape index (κ2) is 13.7. The highest BCUT2D eigenvalue weighted by molar-refractivity contribution is 5.32. The van der Waals surface area contributed by atoms with Crippen molar-refractivity contribution in [3.05, 3.63) is 64.5 Å². The summed E-state index contributed by atoms with van der Waals surface area (Å²) in [6.45, 7) is 5.25. The lowest BCUT2D eigenvalue weighted by atomic mass is 9.76. The summed E-state index contributed by atoms with van der Waals surface area (Å²) in [7, 11) is 0. The lowest BCUT2D eigenvalue weighted by molar-refractivity contribution is 0.0230. The maximum Gasteiger partial charge on any atom is 0.165 e. The second-order valence-corrected chi connectivity index (χ2v) is 11.0. The van der Waals surface area contributed by atoms with Crippen LogP contribution in [0.2, 0.25) is 0 Å². The van der Waals surface area contributed by atoms with Gasteiger partial charge >= 0.3 is 0 Å². The number of ether oxygens (including phenoxy) is 2. The molecule has 2 fully saturated rings. The van der Waals surface area contributed by atoms with Crippen molar-refractivity contribution in [3.8, 4) is 5.75 Å². The van der Waals surface area contributed by atoms with Crippen LogP contribution in [0.15, 0.2) is 30.3 Å². The standard InChI is InChI=1S/C32H43F3O2/c1-3-5-20-37-27-16-12-24(13-17-27)28-18-14-25(31(34)32(28)35)11-8-22-6-9-23(10-7-22)26-15-19-30(36-4-2)29(33)21-26/h14-15,18-19,21-24,27H,3-13,16-17,20H2,1-2H3. The molecule has 2 saturated carbocycles. The van der Waals surface area contributed by atoms with Crippen LogP contribution < -0.4 is 4.74 Å². The summed E-state index contributed by atoms with van der Waals surface area (Å²) in [6.07, 6.45) is 11.5. The van der Waals surface area contributed by atoms with E-state index in [4.69, 9.17) is 9.47 Å². The zero-order valence-corrected chi connectivity index (χ0v) is 22.5. The topological polar surface area (TPSA) is 18.5 Å². The lowest BCUT2D eigenvalue weighted by Crippen LogP contribution is -2.22. The van der Waals surface area contributed by atoms with Gasteiger partial charge in [0, 0.05) is 6.61 Å². The summed E-state index contributed by atoms with van der Waals surface area (Å²) in [5, 5.41) is 0. The average molecular weight is 517 g/mol. The van der Waals surface area contributed by atoms with Crippen molar-refractivity contribution < 1.29 is 22.6 Å². The molecule has 0 saturated heterocycles. The fourth-order valence-electron chi connectivity index (χ4n) is 6.24. The van der Waals surface area contributed by atoms with Gasteiger partial charge in [-0.3, -0.25) is 0 Å². The molecule has 2 nitrogen and oxygen atoms in total. The molecule has 5 heteroatoms. The van der Waals surface area contributed by atoms with E-state index in [-0.39, 0.29) is 17.8 Å². The van der Waals surface area contributed by atoms with Gasteiger partial charge < -0.3 is 9.47 Å². The smallest absolute Gasteiger partial charge is 0.165 e. The largest absolute Gasteiger partial charge is 0.491 e. The molecule has 2 aromatic carbocycles. The third-order valence-corrected chi connectivity index (χ3v) is 8.55. The minimum absolute atomic E-state index is 0.0808. The van der Waals surface area contributed by atoms with Gasteiger partial charge in [-0.25, -0.2) is 13.2 Å². The fraction of sp³-hybridized carbons (Fsp3) is 0.625. The number of hydrogen-bond donors (Lipinski definition) is 0. The Balaban J connectivity index is 1.25. The van der Waals surface area contributed by atoms with E-state index in [1.165, 1.54) is 0 Å². The van der Waals surface area contributed by atoms with Crippen LogP contribution in [0.25, 0.3) is 0 Å². The molecule has 2 aliphatic rings. The molecule has 0 atom stereocenters. The van der Waals surface area contributed by atoms with Crippen molar-refractivity contribution in [1.82, 2.24) is 0 Å². The molecular formula is C32H43F3O2. The Hall–Kier alpha value is -2.01. The number of hydrogen-bond acceptors (Lipinski definition) is 2. The number of rotatable bonds is 11. The zero-order valence-electron chi connectivity index (χ0n) is 22.5. The summed E-state index contributed by atoms with van der Waals surface area (Å²) in [6, 6.07) is 8.96. The van der Waals surface area contributed by atoms with Gasteiger partial charge in [0.05, 0.1) is 12.7 Å². The molecular weight excluding hydrogens is 473 g/mol. The quantitative estimate of drug-likeness (QED) is 0.277. The Morgan fingerprint density at radius 1 is 0.811 bits per heavy atom. The van der Waals surface area contributed by atoms with Crippen molar-refractivity contribution in [3.63, 3.8) is 0 Å². The van der Waals surface area contributed by atoms with Crippen molar-refractivity contribution in [2.45, 2.75) is 109 Å². The van der Waals surface area contributed by atoms with Crippen molar-refractivity contribution in [2.75, 3.05) is 13.2 Å². The van der Waals surface area contributed by atoms with E-state index in [9.17, 15) is 4.39 Å². The summed E-state index contributed by atoms with van der Waals surface area (Å²) in [4.78, 5) is 0. The second-order valence-electron chi connectivity index (χ2n) is 11.0. The number of unbranched alkanes of at least 4 members (excludes halogenated alkanes) is 1. The fourth-order valence-corrected chi connectivity index (χ4v) is 6.24. The summed E-state index contributed by atoms with van der Waals surface area (Å²) < 4.78 is 55.6. The molecule has 0 heterocycles. The van der Waals surface area contributed by atoms with E-state index in [1.807, 2.05) is 25.1 Å². The molecule has 0 N–H and O–H groups in total. The molecule has 2 aliphatic carbocycles. The third kappa shape index (κ3) is 7.31. The van der Waals surface area contributed by atoms with E-state index >= 15 is 8.78 Å². The molecule has 0 bridgehead atoms. The first-order valence-corrected chi connectivity index (χ1v) is 14.5. The van der Waals surface area contributed by atoms with Crippen LogP contribution in [0.5, 0.6) is 5.75 Å². The Labute approximate surface area is 220 Å². The SMILES string of the molecule is CCCCOC1CCC(c2ccc(CCC3CCC(c4ccc(OCC)c(F)c4)CC3)c(F)c2F)CC1. The van der Waals surface area contributed by atoms with Gasteiger partial charge in [0.25, 0.3) is 0 Å². The molecule has 2 aromatic rings. The van der Waals surface area contributed by atoms with Crippen molar-refractivity contribution in [2.24, 2.45) is 5.92 Å². The van der Waals surface area contributed by atoms with Crippen LogP contribution in [-0.2, 0) is 11.2 Å². The lowest BCUT2D eigenvalue weighted by Gasteiger charge is -2.30. The predicted octanol–water partition coefficient (Wildman–Crippen LogP) is 9.25. The van der Waals surface area contributed by atoms with Crippen LogP contribution in [-0.4, -0.2) is 19.3 Å². The Bertz CT molecular complexity index is 992. The number of aryl methyl sites for hydroxylation is 1. The van der Waals surface area contributed by atoms with E-state index in [0.29, 0.717) is 41.7 Å². The molecule has 0 aliphatic heterocycles. The average Bonchev–Trinajstić information content (AvgIpc) is 2.92. The van der Waals surface area contributed by atoms with Gasteiger partial charge in [0.1, 0.15) is 0 Å². The first-order valence-electron chi connectivity index (χ1n) is 14.5. The highest BCUT2D eigenvalue weighted by Crippen LogP contribution is 2.40. The van der Waals surface area contributed by atoms with Crippen LogP contribution in [0.3, 0.4) is 0 Å². The molecule has 204 valence electrons. The van der Waals surface area contributed by atoms with Gasteiger partial charge in [0.15, 0.2) is 23.2 Å². The van der Waals surface area contributed by atoms with E-state index in [0.717, 1.165) is 82.8 Å². The number of halogens is 3. The molecule has 0 radical (unpaired) electrons. The normalized spacial score (nSPS) is 24.2. The van der Waals surface area contributed by atoms with Gasteiger partial charge in [-0.05, 0) is 124 Å². The molecule has 0 unspecified atom stereocenters. The first-order chi connectivity index (χ1) is 18.0. The molecule has 37 heavy (non-hydrogen) atoms. The van der Waals surface area contributed by atoms with Crippen LogP contribution in [0.1, 0.15) is 113 Å². The summed E-state index contributed by atoms with van der Waals surface area (Å²) in [5.41, 5.74) is 2.06. The molecule has 0 aromatic heterocycles. The van der Waals surface area contributed by atoms with E-state index < -0.39 is 11.6 Å². The van der Waals surface area contributed by atoms with Crippen molar-refractivity contribution >= 4 is 0 Å². The van der Waals surface area contributed by atoms with Crippen molar-refractivity contribution in [1.29, 1.82) is 0 Å². The van der Waals surface area contributed by atoms with Gasteiger partial charge in [-0.15, -0.1) is 0 Å².